The molecule has 1 spiro atoms. The summed E-state index contributed by atoms with van der Waals surface area (Å²) in [7, 11) is 0. The van der Waals surface area contributed by atoms with Crippen molar-refractivity contribution < 1.29 is 19.1 Å². The molecule has 2 fully saturated rings. The van der Waals surface area contributed by atoms with Gasteiger partial charge in [0.2, 0.25) is 0 Å². The van der Waals surface area contributed by atoms with E-state index in [1.165, 1.54) is 0 Å². The van der Waals surface area contributed by atoms with Crippen molar-refractivity contribution >= 4 is 23.6 Å². The molecule has 0 aromatic carbocycles. The van der Waals surface area contributed by atoms with Crippen molar-refractivity contribution in [2.75, 3.05) is 6.54 Å². The number of nitrogens with one attached hydrogen (secondary N) is 1. The summed E-state index contributed by atoms with van der Waals surface area (Å²) in [4.78, 5) is 42.7. The minimum atomic E-state index is -0.864. The zero-order valence-corrected chi connectivity index (χ0v) is 15.2. The van der Waals surface area contributed by atoms with Crippen LogP contribution in [0.4, 0.5) is 4.79 Å². The first-order valence-electron chi connectivity index (χ1n) is 9.22. The lowest BCUT2D eigenvalue weighted by atomic mass is 9.73. The van der Waals surface area contributed by atoms with E-state index in [1.54, 1.807) is 6.20 Å². The number of aromatic nitrogens is 2. The highest BCUT2D eigenvalue weighted by atomic mass is 16.5. The van der Waals surface area contributed by atoms with Gasteiger partial charge in [-0.15, -0.1) is 0 Å². The van der Waals surface area contributed by atoms with Crippen LogP contribution in [0.3, 0.4) is 0 Å². The van der Waals surface area contributed by atoms with Gasteiger partial charge in [-0.2, -0.15) is 0 Å². The normalized spacial score (nSPS) is 25.2. The number of fused-ring (bicyclic) bond motifs is 1. The summed E-state index contributed by atoms with van der Waals surface area (Å²) in [5.41, 5.74) is 0.493. The van der Waals surface area contributed by atoms with Gasteiger partial charge < -0.3 is 14.5 Å². The molecule has 1 saturated heterocycles. The van der Waals surface area contributed by atoms with Gasteiger partial charge in [0, 0.05) is 12.4 Å². The largest absolute Gasteiger partial charge is 0.458 e. The number of imide groups is 1. The van der Waals surface area contributed by atoms with Gasteiger partial charge in [-0.3, -0.25) is 14.5 Å². The zero-order chi connectivity index (χ0) is 19.0. The Bertz CT molecular complexity index is 875. The minimum Gasteiger partial charge on any atom is -0.458 e. The SMILES string of the molecule is C[C@H]1CCCC[C@]12NC(=O)N(CC(=O)OCc1cn3ccccc3n1)C2=O. The first kappa shape index (κ1) is 17.5. The molecule has 8 nitrogen and oxygen atoms in total. The molecule has 2 atom stereocenters. The molecule has 1 N–H and O–H groups in total. The van der Waals surface area contributed by atoms with Crippen LogP contribution in [0.5, 0.6) is 0 Å². The summed E-state index contributed by atoms with van der Waals surface area (Å²) in [6.07, 6.45) is 7.07. The number of urea groups is 1. The average Bonchev–Trinajstić information content (AvgIpc) is 3.17. The number of imidazole rings is 1. The fourth-order valence-electron chi connectivity index (χ4n) is 4.02. The highest BCUT2D eigenvalue weighted by Crippen LogP contribution is 2.38. The van der Waals surface area contributed by atoms with E-state index in [0.717, 1.165) is 29.8 Å². The van der Waals surface area contributed by atoms with Crippen LogP contribution in [-0.2, 0) is 20.9 Å². The summed E-state index contributed by atoms with van der Waals surface area (Å²) in [6.45, 7) is 1.58. The number of carbonyl (C=O) groups excluding carboxylic acids is 3. The summed E-state index contributed by atoms with van der Waals surface area (Å²) >= 11 is 0. The zero-order valence-electron chi connectivity index (χ0n) is 15.2. The van der Waals surface area contributed by atoms with E-state index in [4.69, 9.17) is 4.74 Å². The molecular weight excluding hydrogens is 348 g/mol. The number of amides is 3. The second-order valence-corrected chi connectivity index (χ2v) is 7.30. The van der Waals surface area contributed by atoms with Crippen LogP contribution < -0.4 is 5.32 Å². The number of carbonyl (C=O) groups is 3. The molecule has 2 aliphatic rings. The number of nitrogens with zero attached hydrogens (tertiary/aromatic N) is 3. The predicted molar refractivity (Wildman–Crippen MR) is 95.6 cm³/mol. The van der Waals surface area contributed by atoms with Crippen molar-refractivity contribution in [2.24, 2.45) is 5.92 Å². The molecule has 0 bridgehead atoms. The second kappa shape index (κ2) is 6.68. The lowest BCUT2D eigenvalue weighted by Crippen LogP contribution is -2.54. The Labute approximate surface area is 156 Å². The van der Waals surface area contributed by atoms with Gasteiger partial charge in [-0.1, -0.05) is 25.8 Å². The fraction of sp³-hybridized carbons (Fsp3) is 0.474. The molecule has 0 unspecified atom stereocenters. The van der Waals surface area contributed by atoms with E-state index in [9.17, 15) is 14.4 Å². The Kier molecular flexibility index (Phi) is 4.33. The van der Waals surface area contributed by atoms with Gasteiger partial charge in [0.15, 0.2) is 0 Å². The van der Waals surface area contributed by atoms with Crippen LogP contribution in [-0.4, -0.2) is 44.3 Å². The molecule has 1 aliphatic heterocycles. The third-order valence-electron chi connectivity index (χ3n) is 5.58. The van der Waals surface area contributed by atoms with Crippen molar-refractivity contribution in [3.63, 3.8) is 0 Å². The minimum absolute atomic E-state index is 0.00823. The van der Waals surface area contributed by atoms with Crippen molar-refractivity contribution in [2.45, 2.75) is 44.8 Å². The molecule has 1 saturated carbocycles. The van der Waals surface area contributed by atoms with Crippen molar-refractivity contribution in [1.29, 1.82) is 0 Å². The molecule has 1 aliphatic carbocycles. The van der Waals surface area contributed by atoms with Gasteiger partial charge in [0.25, 0.3) is 5.91 Å². The summed E-state index contributed by atoms with van der Waals surface area (Å²) in [5.74, 6) is -0.887. The highest BCUT2D eigenvalue weighted by Gasteiger charge is 2.55. The van der Waals surface area contributed by atoms with Gasteiger partial charge in [-0.05, 0) is 30.9 Å². The van der Waals surface area contributed by atoms with Crippen LogP contribution in [0.15, 0.2) is 30.6 Å². The topological polar surface area (TPSA) is 93.0 Å². The van der Waals surface area contributed by atoms with E-state index in [1.807, 2.05) is 35.7 Å². The third kappa shape index (κ3) is 3.05. The maximum absolute atomic E-state index is 12.8. The third-order valence-corrected chi connectivity index (χ3v) is 5.58. The van der Waals surface area contributed by atoms with Crippen LogP contribution in [0.2, 0.25) is 0 Å². The van der Waals surface area contributed by atoms with Gasteiger partial charge >= 0.3 is 12.0 Å². The number of hydrogen-bond donors (Lipinski definition) is 1. The van der Waals surface area contributed by atoms with Crippen LogP contribution in [0.25, 0.3) is 5.65 Å². The van der Waals surface area contributed by atoms with Crippen LogP contribution >= 0.6 is 0 Å². The number of hydrogen-bond acceptors (Lipinski definition) is 5. The number of ether oxygens (including phenoxy) is 1. The Morgan fingerprint density at radius 3 is 3.00 bits per heavy atom. The first-order chi connectivity index (χ1) is 13.0. The van der Waals surface area contributed by atoms with Crippen molar-refractivity contribution in [1.82, 2.24) is 19.6 Å². The van der Waals surface area contributed by atoms with E-state index in [2.05, 4.69) is 10.3 Å². The van der Waals surface area contributed by atoms with Crippen LogP contribution in [0.1, 0.15) is 38.3 Å². The van der Waals surface area contributed by atoms with Crippen LogP contribution in [0, 0.1) is 5.92 Å². The Balaban J connectivity index is 1.39. The summed E-state index contributed by atoms with van der Waals surface area (Å²) in [5, 5.41) is 2.83. The molecule has 3 amide bonds. The summed E-state index contributed by atoms with van der Waals surface area (Å²) in [6, 6.07) is 5.09. The molecule has 27 heavy (non-hydrogen) atoms. The Morgan fingerprint density at radius 1 is 1.37 bits per heavy atom. The predicted octanol–water partition coefficient (Wildman–Crippen LogP) is 1.88. The number of rotatable bonds is 4. The smallest absolute Gasteiger partial charge is 0.326 e. The molecule has 8 heteroatoms. The van der Waals surface area contributed by atoms with Gasteiger partial charge in [0.1, 0.15) is 24.3 Å². The Morgan fingerprint density at radius 2 is 2.22 bits per heavy atom. The van der Waals surface area contributed by atoms with E-state index in [-0.39, 0.29) is 25.0 Å². The highest BCUT2D eigenvalue weighted by molar-refractivity contribution is 6.08. The fourth-order valence-corrected chi connectivity index (χ4v) is 4.02. The van der Waals surface area contributed by atoms with E-state index >= 15 is 0 Å². The second-order valence-electron chi connectivity index (χ2n) is 7.30. The maximum atomic E-state index is 12.8. The molecule has 4 rings (SSSR count). The molecule has 2 aromatic rings. The average molecular weight is 370 g/mol. The van der Waals surface area contributed by atoms with Crippen molar-refractivity contribution in [3.8, 4) is 0 Å². The molecule has 3 heterocycles. The van der Waals surface area contributed by atoms with Gasteiger partial charge in [0.05, 0.1) is 5.69 Å². The number of esters is 1. The quantitative estimate of drug-likeness (QED) is 0.655. The Hall–Kier alpha value is -2.90. The molecule has 0 radical (unpaired) electrons. The molecular formula is C19H22N4O4. The summed E-state index contributed by atoms with van der Waals surface area (Å²) < 4.78 is 7.06. The first-order valence-corrected chi connectivity index (χ1v) is 9.22. The maximum Gasteiger partial charge on any atom is 0.326 e. The lowest BCUT2D eigenvalue weighted by molar-refractivity contribution is -0.149. The van der Waals surface area contributed by atoms with E-state index < -0.39 is 17.5 Å². The molecule has 2 aromatic heterocycles. The van der Waals surface area contributed by atoms with Gasteiger partial charge in [-0.25, -0.2) is 9.78 Å². The van der Waals surface area contributed by atoms with E-state index in [0.29, 0.717) is 12.1 Å². The lowest BCUT2D eigenvalue weighted by Gasteiger charge is -2.36. The standard InChI is InChI=1S/C19H22N4O4/c1-13-6-2-4-8-19(13)17(25)23(18(26)21-19)11-16(24)27-12-14-10-22-9-5-3-7-15(22)20-14/h3,5,7,9-10,13H,2,4,6,8,11-12H2,1H3,(H,21,26)/t13-,19-/m0/s1. The molecule has 142 valence electrons. The number of pyridine rings is 1. The monoisotopic (exact) mass is 370 g/mol. The van der Waals surface area contributed by atoms with Crippen molar-refractivity contribution in [3.05, 3.63) is 36.3 Å².